The van der Waals surface area contributed by atoms with Crippen molar-refractivity contribution < 1.29 is 9.53 Å². The molecule has 8 nitrogen and oxygen atoms in total. The van der Waals surface area contributed by atoms with E-state index in [4.69, 9.17) is 4.74 Å². The van der Waals surface area contributed by atoms with Gasteiger partial charge in [0.05, 0.1) is 6.54 Å². The van der Waals surface area contributed by atoms with Crippen molar-refractivity contribution in [2.24, 2.45) is 0 Å². The van der Waals surface area contributed by atoms with E-state index in [9.17, 15) is 4.79 Å². The first-order valence-corrected chi connectivity index (χ1v) is 11.0. The minimum absolute atomic E-state index is 0.0210. The molecule has 1 aliphatic rings. The molecule has 0 saturated carbocycles. The van der Waals surface area contributed by atoms with E-state index in [1.807, 2.05) is 37.2 Å². The van der Waals surface area contributed by atoms with Crippen molar-refractivity contribution in [1.82, 2.24) is 29.5 Å². The highest BCUT2D eigenvalue weighted by Gasteiger charge is 2.21. The topological polar surface area (TPSA) is 76.4 Å². The van der Waals surface area contributed by atoms with Crippen LogP contribution >= 0.6 is 0 Å². The largest absolute Gasteiger partial charge is 0.491 e. The molecule has 0 N–H and O–H groups in total. The number of hydrogen-bond donors (Lipinski definition) is 0. The van der Waals surface area contributed by atoms with Crippen LogP contribution < -0.4 is 4.74 Å². The smallest absolute Gasteiger partial charge is 0.244 e. The molecular weight excluding hydrogens is 404 g/mol. The number of carbonyl (C=O) groups excluding carboxylic acids is 1. The van der Waals surface area contributed by atoms with Crippen LogP contribution in [0.4, 0.5) is 0 Å². The van der Waals surface area contributed by atoms with Gasteiger partial charge < -0.3 is 9.64 Å². The van der Waals surface area contributed by atoms with Crippen molar-refractivity contribution in [3.8, 4) is 5.75 Å². The first kappa shape index (κ1) is 22.0. The Balaban J connectivity index is 1.45. The molecular formula is C24H30N6O2. The summed E-state index contributed by atoms with van der Waals surface area (Å²) in [5.74, 6) is 2.30. The zero-order chi connectivity index (χ0) is 22.5. The van der Waals surface area contributed by atoms with Gasteiger partial charge in [-0.15, -0.1) is 0 Å². The molecule has 0 saturated heterocycles. The lowest BCUT2D eigenvalue weighted by Gasteiger charge is -2.22. The highest BCUT2D eigenvalue weighted by molar-refractivity contribution is 5.76. The molecule has 168 valence electrons. The van der Waals surface area contributed by atoms with Crippen molar-refractivity contribution >= 4 is 5.91 Å². The number of aryl methyl sites for hydroxylation is 2. The lowest BCUT2D eigenvalue weighted by atomic mass is 10.1. The van der Waals surface area contributed by atoms with Crippen LogP contribution in [-0.2, 0) is 31.0 Å². The van der Waals surface area contributed by atoms with Crippen molar-refractivity contribution in [2.45, 2.75) is 47.0 Å². The molecule has 4 rings (SSSR count). The number of pyridine rings is 1. The van der Waals surface area contributed by atoms with Crippen LogP contribution in [0.15, 0.2) is 42.7 Å². The first-order valence-electron chi connectivity index (χ1n) is 11.0. The lowest BCUT2D eigenvalue weighted by Crippen LogP contribution is -2.35. The summed E-state index contributed by atoms with van der Waals surface area (Å²) >= 11 is 0. The van der Waals surface area contributed by atoms with Crippen molar-refractivity contribution in [3.05, 3.63) is 71.1 Å². The Morgan fingerprint density at radius 2 is 1.91 bits per heavy atom. The highest BCUT2D eigenvalue weighted by Crippen LogP contribution is 2.25. The molecule has 1 aromatic carbocycles. The Morgan fingerprint density at radius 1 is 1.12 bits per heavy atom. The van der Waals surface area contributed by atoms with Gasteiger partial charge in [-0.25, -0.2) is 9.67 Å². The Labute approximate surface area is 188 Å². The quantitative estimate of drug-likeness (QED) is 0.569. The summed E-state index contributed by atoms with van der Waals surface area (Å²) in [6.45, 7) is 10.3. The minimum atomic E-state index is 0.0210. The van der Waals surface area contributed by atoms with Gasteiger partial charge in [-0.2, -0.15) is 5.10 Å². The number of carbonyl (C=O) groups is 1. The zero-order valence-corrected chi connectivity index (χ0v) is 19.0. The van der Waals surface area contributed by atoms with E-state index >= 15 is 0 Å². The third-order valence-corrected chi connectivity index (χ3v) is 5.71. The maximum absolute atomic E-state index is 13.0. The van der Waals surface area contributed by atoms with Crippen LogP contribution in [-0.4, -0.2) is 55.2 Å². The van der Waals surface area contributed by atoms with Gasteiger partial charge in [0.2, 0.25) is 5.91 Å². The fourth-order valence-electron chi connectivity index (χ4n) is 3.98. The van der Waals surface area contributed by atoms with Crippen LogP contribution in [0.25, 0.3) is 0 Å². The predicted molar refractivity (Wildman–Crippen MR) is 121 cm³/mol. The van der Waals surface area contributed by atoms with E-state index < -0.39 is 0 Å². The van der Waals surface area contributed by atoms with E-state index in [1.54, 1.807) is 4.68 Å². The zero-order valence-electron chi connectivity index (χ0n) is 19.0. The Morgan fingerprint density at radius 3 is 2.62 bits per heavy atom. The second kappa shape index (κ2) is 9.91. The highest BCUT2D eigenvalue weighted by atomic mass is 16.5. The van der Waals surface area contributed by atoms with E-state index in [0.717, 1.165) is 36.8 Å². The molecule has 1 amide bonds. The fourth-order valence-corrected chi connectivity index (χ4v) is 3.98. The Hall–Kier alpha value is -3.26. The van der Waals surface area contributed by atoms with E-state index in [-0.39, 0.29) is 12.5 Å². The number of fused-ring (bicyclic) bond motifs is 1. The van der Waals surface area contributed by atoms with E-state index in [2.05, 4.69) is 51.2 Å². The van der Waals surface area contributed by atoms with Crippen LogP contribution in [0.2, 0.25) is 0 Å². The lowest BCUT2D eigenvalue weighted by molar-refractivity contribution is -0.132. The number of benzene rings is 1. The molecule has 0 aliphatic carbocycles. The molecule has 8 heteroatoms. The maximum Gasteiger partial charge on any atom is 0.244 e. The standard InChI is InChI=1S/C24H30N6O2/c1-4-28(14-20-7-9-25-10-8-20)15-21-5-6-23-22(13-21)16-29(11-12-32-23)24(31)17-30-19(3)26-18(2)27-30/h5-10,13H,4,11-12,14-17H2,1-3H3. The molecule has 0 radical (unpaired) electrons. The van der Waals surface area contributed by atoms with E-state index in [0.29, 0.717) is 25.5 Å². The van der Waals surface area contributed by atoms with Gasteiger partial charge in [-0.05, 0) is 55.8 Å². The first-order chi connectivity index (χ1) is 15.5. The average molecular weight is 435 g/mol. The third-order valence-electron chi connectivity index (χ3n) is 5.71. The molecule has 0 atom stereocenters. The molecule has 3 heterocycles. The van der Waals surface area contributed by atoms with Gasteiger partial charge in [0, 0.05) is 37.6 Å². The van der Waals surface area contributed by atoms with Crippen LogP contribution in [0.5, 0.6) is 5.75 Å². The molecule has 1 aliphatic heterocycles. The summed E-state index contributed by atoms with van der Waals surface area (Å²) in [6, 6.07) is 10.4. The number of nitrogens with zero attached hydrogens (tertiary/aromatic N) is 6. The Bertz CT molecular complexity index is 1070. The number of amides is 1. The van der Waals surface area contributed by atoms with Gasteiger partial charge >= 0.3 is 0 Å². The van der Waals surface area contributed by atoms with Gasteiger partial charge in [0.15, 0.2) is 0 Å². The normalized spacial score (nSPS) is 13.6. The molecule has 3 aromatic rings. The third kappa shape index (κ3) is 5.31. The number of hydrogen-bond acceptors (Lipinski definition) is 6. The maximum atomic E-state index is 13.0. The molecule has 0 spiro atoms. The van der Waals surface area contributed by atoms with Crippen LogP contribution in [0, 0.1) is 13.8 Å². The number of ether oxygens (including phenoxy) is 1. The predicted octanol–water partition coefficient (Wildman–Crippen LogP) is 2.73. The van der Waals surface area contributed by atoms with Gasteiger partial charge in [-0.3, -0.25) is 14.7 Å². The van der Waals surface area contributed by atoms with Gasteiger partial charge in [0.1, 0.15) is 30.5 Å². The Kier molecular flexibility index (Phi) is 6.80. The summed E-state index contributed by atoms with van der Waals surface area (Å²) in [7, 11) is 0. The molecule has 0 unspecified atom stereocenters. The van der Waals surface area contributed by atoms with E-state index in [1.165, 1.54) is 11.1 Å². The number of aromatic nitrogens is 4. The molecule has 2 aromatic heterocycles. The van der Waals surface area contributed by atoms with Gasteiger partial charge in [-0.1, -0.05) is 13.0 Å². The summed E-state index contributed by atoms with van der Waals surface area (Å²) in [5.41, 5.74) is 3.50. The second-order valence-electron chi connectivity index (χ2n) is 8.13. The fraction of sp³-hybridized carbons (Fsp3) is 0.417. The van der Waals surface area contributed by atoms with Crippen molar-refractivity contribution in [3.63, 3.8) is 0 Å². The van der Waals surface area contributed by atoms with Crippen LogP contribution in [0.3, 0.4) is 0 Å². The SMILES string of the molecule is CCN(Cc1ccncc1)Cc1ccc2c(c1)CN(C(=O)Cn1nc(C)nc1C)CCO2. The second-order valence-corrected chi connectivity index (χ2v) is 8.13. The van der Waals surface area contributed by atoms with Crippen molar-refractivity contribution in [2.75, 3.05) is 19.7 Å². The summed E-state index contributed by atoms with van der Waals surface area (Å²) in [6.07, 6.45) is 3.66. The van der Waals surface area contributed by atoms with Crippen LogP contribution in [0.1, 0.15) is 35.3 Å². The summed E-state index contributed by atoms with van der Waals surface area (Å²) in [4.78, 5) is 25.6. The molecule has 0 bridgehead atoms. The summed E-state index contributed by atoms with van der Waals surface area (Å²) < 4.78 is 7.61. The van der Waals surface area contributed by atoms with Crippen molar-refractivity contribution in [1.29, 1.82) is 0 Å². The molecule has 32 heavy (non-hydrogen) atoms. The minimum Gasteiger partial charge on any atom is -0.491 e. The summed E-state index contributed by atoms with van der Waals surface area (Å²) in [5, 5.41) is 4.32. The number of rotatable bonds is 7. The van der Waals surface area contributed by atoms with Gasteiger partial charge in [0.25, 0.3) is 0 Å². The average Bonchev–Trinajstić information content (AvgIpc) is 2.98. The molecule has 0 fully saturated rings. The monoisotopic (exact) mass is 434 g/mol.